The summed E-state index contributed by atoms with van der Waals surface area (Å²) in [5.41, 5.74) is 0.690. The fraction of sp³-hybridized carbons (Fsp3) is 0.464. The predicted molar refractivity (Wildman–Crippen MR) is 129 cm³/mol. The Morgan fingerprint density at radius 1 is 1.00 bits per heavy atom. The maximum absolute atomic E-state index is 13.8. The number of hydrogen-bond acceptors (Lipinski definition) is 3. The minimum atomic E-state index is -4.44. The molecule has 1 atom stereocenters. The van der Waals surface area contributed by atoms with Crippen LogP contribution in [-0.4, -0.2) is 28.5 Å². The van der Waals surface area contributed by atoms with Gasteiger partial charge in [0.05, 0.1) is 11.6 Å². The SMILES string of the molecule is CC(c1ccc(C=O)cc1)N1C(=O)C(c2ccc(C(F)(F)F)cc2)=NC12CCC(C(C)(C)C)CC2. The highest BCUT2D eigenvalue weighted by molar-refractivity contribution is 6.46. The fourth-order valence-electron chi connectivity index (χ4n) is 5.46. The van der Waals surface area contributed by atoms with Crippen molar-refractivity contribution in [3.63, 3.8) is 0 Å². The highest BCUT2D eigenvalue weighted by Crippen LogP contribution is 2.49. The summed E-state index contributed by atoms with van der Waals surface area (Å²) < 4.78 is 39.2. The van der Waals surface area contributed by atoms with Gasteiger partial charge in [0.15, 0.2) is 0 Å². The van der Waals surface area contributed by atoms with Crippen molar-refractivity contribution in [2.45, 2.75) is 71.3 Å². The van der Waals surface area contributed by atoms with Gasteiger partial charge in [0.2, 0.25) is 0 Å². The van der Waals surface area contributed by atoms with Crippen molar-refractivity contribution in [1.29, 1.82) is 0 Å². The van der Waals surface area contributed by atoms with E-state index < -0.39 is 17.4 Å². The molecule has 0 saturated heterocycles. The Bertz CT molecular complexity index is 1120. The Balaban J connectivity index is 1.72. The van der Waals surface area contributed by atoms with Gasteiger partial charge in [0.25, 0.3) is 5.91 Å². The number of carbonyl (C=O) groups is 2. The molecule has 1 spiro atoms. The third kappa shape index (κ3) is 4.78. The Morgan fingerprint density at radius 3 is 2.06 bits per heavy atom. The molecule has 0 aromatic heterocycles. The summed E-state index contributed by atoms with van der Waals surface area (Å²) in [5, 5.41) is 0. The van der Waals surface area contributed by atoms with Crippen molar-refractivity contribution in [3.05, 3.63) is 70.8 Å². The molecule has 0 bridgehead atoms. The molecule has 0 radical (unpaired) electrons. The molecule has 1 saturated carbocycles. The number of nitrogens with zero attached hydrogens (tertiary/aromatic N) is 2. The van der Waals surface area contributed by atoms with Crippen LogP contribution in [0.5, 0.6) is 0 Å². The first kappa shape index (κ1) is 25.1. The molecule has 1 fully saturated rings. The molecule has 7 heteroatoms. The van der Waals surface area contributed by atoms with Crippen LogP contribution in [0.25, 0.3) is 0 Å². The minimum absolute atomic E-state index is 0.144. The van der Waals surface area contributed by atoms with E-state index in [0.29, 0.717) is 29.9 Å². The number of carbonyl (C=O) groups excluding carboxylic acids is 2. The molecule has 4 nitrogen and oxygen atoms in total. The first-order valence-electron chi connectivity index (χ1n) is 12.0. The van der Waals surface area contributed by atoms with Crippen LogP contribution in [-0.2, 0) is 11.0 Å². The van der Waals surface area contributed by atoms with Crippen LogP contribution in [0, 0.1) is 11.3 Å². The van der Waals surface area contributed by atoms with Gasteiger partial charge in [-0.3, -0.25) is 14.6 Å². The molecule has 0 N–H and O–H groups in total. The molecule has 1 aliphatic heterocycles. The number of halogens is 3. The summed E-state index contributed by atoms with van der Waals surface area (Å²) in [6, 6.07) is 11.5. The summed E-state index contributed by atoms with van der Waals surface area (Å²) in [7, 11) is 0. The summed E-state index contributed by atoms with van der Waals surface area (Å²) in [4.78, 5) is 31.6. The van der Waals surface area contributed by atoms with Crippen LogP contribution < -0.4 is 0 Å². The van der Waals surface area contributed by atoms with E-state index in [-0.39, 0.29) is 23.1 Å². The van der Waals surface area contributed by atoms with E-state index >= 15 is 0 Å². The van der Waals surface area contributed by atoms with Gasteiger partial charge < -0.3 is 4.90 Å². The molecule has 1 heterocycles. The first-order valence-corrected chi connectivity index (χ1v) is 12.0. The van der Waals surface area contributed by atoms with E-state index in [4.69, 9.17) is 4.99 Å². The van der Waals surface area contributed by atoms with Gasteiger partial charge in [-0.1, -0.05) is 57.2 Å². The topological polar surface area (TPSA) is 49.7 Å². The molecule has 1 amide bonds. The number of hydrogen-bond donors (Lipinski definition) is 0. The number of amides is 1. The predicted octanol–water partition coefficient (Wildman–Crippen LogP) is 6.84. The summed E-state index contributed by atoms with van der Waals surface area (Å²) in [5.74, 6) is 0.225. The van der Waals surface area contributed by atoms with Gasteiger partial charge in [-0.2, -0.15) is 13.2 Å². The van der Waals surface area contributed by atoms with E-state index in [1.807, 2.05) is 24.0 Å². The largest absolute Gasteiger partial charge is 0.416 e. The van der Waals surface area contributed by atoms with Gasteiger partial charge in [-0.05, 0) is 61.6 Å². The molecule has 1 aliphatic carbocycles. The van der Waals surface area contributed by atoms with Crippen molar-refractivity contribution in [1.82, 2.24) is 4.90 Å². The smallest absolute Gasteiger partial charge is 0.306 e. The number of benzene rings is 2. The molecule has 4 rings (SSSR count). The highest BCUT2D eigenvalue weighted by atomic mass is 19.4. The lowest BCUT2D eigenvalue weighted by molar-refractivity contribution is -0.137. The Hall–Kier alpha value is -2.96. The van der Waals surface area contributed by atoms with Crippen LogP contribution in [0.4, 0.5) is 13.2 Å². The van der Waals surface area contributed by atoms with Gasteiger partial charge in [-0.15, -0.1) is 0 Å². The number of alkyl halides is 3. The monoisotopic (exact) mass is 484 g/mol. The molecule has 2 aromatic carbocycles. The van der Waals surface area contributed by atoms with E-state index in [1.54, 1.807) is 12.1 Å². The fourth-order valence-corrected chi connectivity index (χ4v) is 5.46. The van der Waals surface area contributed by atoms with Crippen molar-refractivity contribution in [3.8, 4) is 0 Å². The zero-order valence-electron chi connectivity index (χ0n) is 20.5. The number of aldehydes is 1. The molecule has 35 heavy (non-hydrogen) atoms. The third-order valence-corrected chi connectivity index (χ3v) is 7.63. The average molecular weight is 485 g/mol. The van der Waals surface area contributed by atoms with Gasteiger partial charge in [0.1, 0.15) is 17.7 Å². The Labute approximate surface area is 204 Å². The molecule has 1 unspecified atom stereocenters. The second-order valence-corrected chi connectivity index (χ2v) is 10.8. The van der Waals surface area contributed by atoms with E-state index in [9.17, 15) is 22.8 Å². The first-order chi connectivity index (χ1) is 16.4. The molecule has 186 valence electrons. The average Bonchev–Trinajstić information content (AvgIpc) is 3.09. The van der Waals surface area contributed by atoms with Crippen LogP contribution in [0.15, 0.2) is 53.5 Å². The second kappa shape index (κ2) is 8.92. The maximum Gasteiger partial charge on any atom is 0.416 e. The quantitative estimate of drug-likeness (QED) is 0.446. The van der Waals surface area contributed by atoms with Crippen molar-refractivity contribution in [2.75, 3.05) is 0 Å². The lowest BCUT2D eigenvalue weighted by atomic mass is 9.69. The molecular formula is C28H31F3N2O2. The number of aliphatic imine (C=N–C) groups is 1. The zero-order chi connectivity index (χ0) is 25.6. The molecule has 2 aromatic rings. The van der Waals surface area contributed by atoms with Crippen LogP contribution in [0.2, 0.25) is 0 Å². The number of rotatable bonds is 4. The van der Waals surface area contributed by atoms with E-state index in [1.165, 1.54) is 12.1 Å². The van der Waals surface area contributed by atoms with Crippen molar-refractivity contribution < 1.29 is 22.8 Å². The molecular weight excluding hydrogens is 453 g/mol. The van der Waals surface area contributed by atoms with E-state index in [2.05, 4.69) is 20.8 Å². The second-order valence-electron chi connectivity index (χ2n) is 10.8. The van der Waals surface area contributed by atoms with Gasteiger partial charge in [0, 0.05) is 11.1 Å². The van der Waals surface area contributed by atoms with Gasteiger partial charge in [-0.25, -0.2) is 0 Å². The van der Waals surface area contributed by atoms with E-state index in [0.717, 1.165) is 36.8 Å². The lowest BCUT2D eigenvalue weighted by Crippen LogP contribution is -2.50. The van der Waals surface area contributed by atoms with Crippen LogP contribution >= 0.6 is 0 Å². The Kier molecular flexibility index (Phi) is 6.41. The van der Waals surface area contributed by atoms with Crippen molar-refractivity contribution in [2.24, 2.45) is 16.3 Å². The van der Waals surface area contributed by atoms with Gasteiger partial charge >= 0.3 is 6.18 Å². The summed E-state index contributed by atoms with van der Waals surface area (Å²) in [6.45, 7) is 8.61. The minimum Gasteiger partial charge on any atom is -0.306 e. The lowest BCUT2D eigenvalue weighted by Gasteiger charge is -2.46. The highest BCUT2D eigenvalue weighted by Gasteiger charge is 2.52. The normalized spacial score (nSPS) is 24.0. The zero-order valence-corrected chi connectivity index (χ0v) is 20.5. The Morgan fingerprint density at radius 2 is 1.57 bits per heavy atom. The van der Waals surface area contributed by atoms with Crippen LogP contribution in [0.3, 0.4) is 0 Å². The summed E-state index contributed by atoms with van der Waals surface area (Å²) >= 11 is 0. The third-order valence-electron chi connectivity index (χ3n) is 7.63. The summed E-state index contributed by atoms with van der Waals surface area (Å²) in [6.07, 6.45) is -0.456. The van der Waals surface area contributed by atoms with Crippen LogP contribution in [0.1, 0.15) is 86.5 Å². The van der Waals surface area contributed by atoms with Crippen molar-refractivity contribution >= 4 is 17.9 Å². The maximum atomic E-state index is 13.8. The standard InChI is InChI=1S/C28H31F3N2O2/c1-18(20-7-5-19(17-34)6-8-20)33-25(35)24(21-9-11-23(12-10-21)28(29,30)31)32-27(33)15-13-22(14-16-27)26(2,3)4/h5-12,17-18,22H,13-16H2,1-4H3. The molecule has 2 aliphatic rings.